The zero-order valence-corrected chi connectivity index (χ0v) is 7.40. The first-order chi connectivity index (χ1) is 6.08. The van der Waals surface area contributed by atoms with Crippen LogP contribution in [-0.2, 0) is 4.79 Å². The molecule has 0 aromatic carbocycles. The van der Waals surface area contributed by atoms with E-state index in [1.807, 2.05) is 0 Å². The molecule has 0 aromatic heterocycles. The largest absolute Gasteiger partial charge is 0.481 e. The molecule has 0 amide bonds. The molecule has 13 heavy (non-hydrogen) atoms. The lowest BCUT2D eigenvalue weighted by atomic mass is 9.74. The second-order valence-electron chi connectivity index (χ2n) is 3.34. The first-order valence-corrected chi connectivity index (χ1v) is 4.07. The molecular formula is C10H11NO2. The normalized spacial score (nSPS) is 31.2. The predicted molar refractivity (Wildman–Crippen MR) is 47.7 cm³/mol. The number of allylic oxidation sites excluding steroid dienone is 4. The lowest BCUT2D eigenvalue weighted by Crippen LogP contribution is -2.25. The number of nitrogens with zero attached hydrogens (tertiary/aromatic N) is 1. The number of hydrogen-bond donors (Lipinski definition) is 1. The minimum Gasteiger partial charge on any atom is -0.481 e. The van der Waals surface area contributed by atoms with Gasteiger partial charge in [0.1, 0.15) is 0 Å². The summed E-state index contributed by atoms with van der Waals surface area (Å²) >= 11 is 0. The summed E-state index contributed by atoms with van der Waals surface area (Å²) in [5.74, 6) is -1.09. The number of rotatable bonds is 2. The molecule has 0 bridgehead atoms. The van der Waals surface area contributed by atoms with Crippen LogP contribution in [0, 0.1) is 22.7 Å². The third-order valence-electron chi connectivity index (χ3n) is 2.30. The van der Waals surface area contributed by atoms with Crippen molar-refractivity contribution in [3.05, 3.63) is 24.3 Å². The van der Waals surface area contributed by atoms with E-state index in [1.165, 1.54) is 0 Å². The highest BCUT2D eigenvalue weighted by Gasteiger charge is 2.32. The highest BCUT2D eigenvalue weighted by Crippen LogP contribution is 2.34. The highest BCUT2D eigenvalue weighted by molar-refractivity contribution is 5.67. The Labute approximate surface area is 77.0 Å². The molecule has 0 radical (unpaired) electrons. The molecule has 1 N–H and O–H groups in total. The van der Waals surface area contributed by atoms with Crippen molar-refractivity contribution >= 4 is 5.97 Å². The smallest absolute Gasteiger partial charge is 0.304 e. The summed E-state index contributed by atoms with van der Waals surface area (Å²) in [4.78, 5) is 10.5. The maximum absolute atomic E-state index is 10.5. The van der Waals surface area contributed by atoms with Crippen LogP contribution >= 0.6 is 0 Å². The molecule has 1 rings (SSSR count). The van der Waals surface area contributed by atoms with Crippen molar-refractivity contribution in [2.45, 2.75) is 13.3 Å². The third kappa shape index (κ3) is 1.97. The summed E-state index contributed by atoms with van der Waals surface area (Å²) in [7, 11) is 0. The number of aliphatic carboxylic acids is 1. The fourth-order valence-corrected chi connectivity index (χ4v) is 1.37. The molecule has 0 aromatic rings. The summed E-state index contributed by atoms with van der Waals surface area (Å²) in [5, 5.41) is 17.5. The van der Waals surface area contributed by atoms with E-state index < -0.39 is 11.4 Å². The quantitative estimate of drug-likeness (QED) is 0.698. The first kappa shape index (κ1) is 9.53. The van der Waals surface area contributed by atoms with Gasteiger partial charge in [0.25, 0.3) is 0 Å². The molecule has 2 atom stereocenters. The second-order valence-corrected chi connectivity index (χ2v) is 3.34. The van der Waals surface area contributed by atoms with E-state index in [2.05, 4.69) is 6.07 Å². The summed E-state index contributed by atoms with van der Waals surface area (Å²) in [6, 6.07) is 2.13. The zero-order valence-electron chi connectivity index (χ0n) is 7.40. The maximum Gasteiger partial charge on any atom is 0.304 e. The molecule has 0 aliphatic heterocycles. The van der Waals surface area contributed by atoms with Crippen LogP contribution in [0.15, 0.2) is 24.3 Å². The number of nitriles is 1. The Hall–Kier alpha value is -1.56. The average Bonchev–Trinajstić information content (AvgIpc) is 2.09. The molecule has 0 heterocycles. The molecule has 68 valence electrons. The van der Waals surface area contributed by atoms with Gasteiger partial charge in [-0.15, -0.1) is 0 Å². The van der Waals surface area contributed by atoms with Crippen LogP contribution in [0.3, 0.4) is 0 Å². The Morgan fingerprint density at radius 3 is 2.92 bits per heavy atom. The molecule has 0 spiro atoms. The lowest BCUT2D eigenvalue weighted by molar-refractivity contribution is -0.138. The van der Waals surface area contributed by atoms with Gasteiger partial charge in [-0.25, -0.2) is 0 Å². The Morgan fingerprint density at radius 1 is 1.69 bits per heavy atom. The second kappa shape index (κ2) is 3.44. The zero-order chi connectivity index (χ0) is 9.90. The fraction of sp³-hybridized carbons (Fsp3) is 0.400. The average molecular weight is 177 g/mol. The van der Waals surface area contributed by atoms with E-state index in [-0.39, 0.29) is 12.3 Å². The van der Waals surface area contributed by atoms with Crippen LogP contribution < -0.4 is 0 Å². The van der Waals surface area contributed by atoms with Crippen molar-refractivity contribution < 1.29 is 9.90 Å². The van der Waals surface area contributed by atoms with Crippen LogP contribution in [-0.4, -0.2) is 11.1 Å². The summed E-state index contributed by atoms with van der Waals surface area (Å²) in [6.45, 7) is 1.75. The maximum atomic E-state index is 10.5. The topological polar surface area (TPSA) is 61.1 Å². The predicted octanol–water partition coefficient (Wildman–Crippen LogP) is 1.73. The molecule has 3 nitrogen and oxygen atoms in total. The van der Waals surface area contributed by atoms with Crippen LogP contribution in [0.25, 0.3) is 0 Å². The highest BCUT2D eigenvalue weighted by atomic mass is 16.4. The van der Waals surface area contributed by atoms with Gasteiger partial charge in [-0.2, -0.15) is 5.26 Å². The van der Waals surface area contributed by atoms with Crippen molar-refractivity contribution in [3.8, 4) is 6.07 Å². The SMILES string of the molecule is CC1(C#N)C=CC=CC1CC(=O)O. The van der Waals surface area contributed by atoms with E-state index in [4.69, 9.17) is 10.4 Å². The number of hydrogen-bond acceptors (Lipinski definition) is 2. The van der Waals surface area contributed by atoms with Crippen molar-refractivity contribution in [2.75, 3.05) is 0 Å². The molecule has 1 aliphatic rings. The summed E-state index contributed by atoms with van der Waals surface area (Å²) in [5.41, 5.74) is -0.673. The molecule has 1 aliphatic carbocycles. The molecule has 0 saturated carbocycles. The minimum atomic E-state index is -0.869. The van der Waals surface area contributed by atoms with Gasteiger partial charge in [0, 0.05) is 5.92 Å². The van der Waals surface area contributed by atoms with E-state index in [0.29, 0.717) is 0 Å². The number of carboxylic acids is 1. The van der Waals surface area contributed by atoms with Gasteiger partial charge in [-0.1, -0.05) is 24.3 Å². The van der Waals surface area contributed by atoms with Gasteiger partial charge in [-0.3, -0.25) is 4.79 Å². The van der Waals surface area contributed by atoms with Gasteiger partial charge < -0.3 is 5.11 Å². The Bertz CT molecular complexity index is 311. The van der Waals surface area contributed by atoms with Crippen LogP contribution in [0.2, 0.25) is 0 Å². The first-order valence-electron chi connectivity index (χ1n) is 4.07. The fourth-order valence-electron chi connectivity index (χ4n) is 1.37. The van der Waals surface area contributed by atoms with Crippen molar-refractivity contribution in [1.82, 2.24) is 0 Å². The minimum absolute atomic E-state index is 0.00486. The van der Waals surface area contributed by atoms with Crippen molar-refractivity contribution in [1.29, 1.82) is 5.26 Å². The van der Waals surface area contributed by atoms with Crippen molar-refractivity contribution in [2.24, 2.45) is 11.3 Å². The lowest BCUT2D eigenvalue weighted by Gasteiger charge is -2.26. The van der Waals surface area contributed by atoms with Gasteiger partial charge >= 0.3 is 5.97 Å². The van der Waals surface area contributed by atoms with E-state index in [9.17, 15) is 4.79 Å². The monoisotopic (exact) mass is 177 g/mol. The molecule has 0 saturated heterocycles. The van der Waals surface area contributed by atoms with Gasteiger partial charge in [0.05, 0.1) is 17.9 Å². The molecule has 3 heteroatoms. The standard InChI is InChI=1S/C10H11NO2/c1-10(7-11)5-3-2-4-8(10)6-9(12)13/h2-5,8H,6H2,1H3,(H,12,13). The van der Waals surface area contributed by atoms with E-state index >= 15 is 0 Å². The Balaban J connectivity index is 2.84. The van der Waals surface area contributed by atoms with Gasteiger partial charge in [-0.05, 0) is 6.92 Å². The van der Waals surface area contributed by atoms with Gasteiger partial charge in [0.15, 0.2) is 0 Å². The van der Waals surface area contributed by atoms with Crippen LogP contribution in [0.1, 0.15) is 13.3 Å². The molecular weight excluding hydrogens is 166 g/mol. The van der Waals surface area contributed by atoms with E-state index in [1.54, 1.807) is 31.2 Å². The van der Waals surface area contributed by atoms with Crippen LogP contribution in [0.5, 0.6) is 0 Å². The summed E-state index contributed by atoms with van der Waals surface area (Å²) < 4.78 is 0. The number of carbonyl (C=O) groups is 1. The van der Waals surface area contributed by atoms with Crippen molar-refractivity contribution in [3.63, 3.8) is 0 Å². The summed E-state index contributed by atoms with van der Waals surface area (Å²) in [6.07, 6.45) is 7.09. The number of carboxylic acid groups (broad SMARTS) is 1. The third-order valence-corrected chi connectivity index (χ3v) is 2.30. The molecule has 2 unspecified atom stereocenters. The van der Waals surface area contributed by atoms with E-state index in [0.717, 1.165) is 0 Å². The Kier molecular flexibility index (Phi) is 2.52. The van der Waals surface area contributed by atoms with Gasteiger partial charge in [0.2, 0.25) is 0 Å². The Morgan fingerprint density at radius 2 is 2.38 bits per heavy atom. The van der Waals surface area contributed by atoms with Crippen LogP contribution in [0.4, 0.5) is 0 Å². The molecule has 0 fully saturated rings.